The molecule has 2 aliphatic rings. The third-order valence-corrected chi connectivity index (χ3v) is 5.20. The maximum Gasteiger partial charge on any atom is 0.321 e. The second-order valence-electron chi connectivity index (χ2n) is 4.38. The smallest absolute Gasteiger partial charge is 0.321 e. The van der Waals surface area contributed by atoms with E-state index in [1.54, 1.807) is 0 Å². The molecular weight excluding hydrogens is 198 g/mol. The molecule has 0 aromatic carbocycles. The summed E-state index contributed by atoms with van der Waals surface area (Å²) in [5, 5.41) is 12.3. The van der Waals surface area contributed by atoms with Gasteiger partial charge >= 0.3 is 5.97 Å². The summed E-state index contributed by atoms with van der Waals surface area (Å²) in [5.74, 6) is 0.623. The van der Waals surface area contributed by atoms with E-state index in [-0.39, 0.29) is 10.9 Å². The minimum absolute atomic E-state index is 0.0707. The van der Waals surface area contributed by atoms with Gasteiger partial charge in [0, 0.05) is 5.75 Å². The minimum Gasteiger partial charge on any atom is -0.480 e. The van der Waals surface area contributed by atoms with Gasteiger partial charge in [-0.25, -0.2) is 0 Å². The SMILES string of the molecule is CC1CCCCC12NC(C(=O)O)CS2. The van der Waals surface area contributed by atoms with Crippen molar-refractivity contribution in [1.29, 1.82) is 0 Å². The minimum atomic E-state index is -0.702. The molecule has 0 radical (unpaired) electrons. The summed E-state index contributed by atoms with van der Waals surface area (Å²) in [7, 11) is 0. The van der Waals surface area contributed by atoms with Gasteiger partial charge in [0.1, 0.15) is 6.04 Å². The Bertz CT molecular complexity index is 246. The first-order chi connectivity index (χ1) is 6.64. The van der Waals surface area contributed by atoms with Crippen LogP contribution in [0.5, 0.6) is 0 Å². The Morgan fingerprint density at radius 1 is 1.57 bits per heavy atom. The molecule has 3 atom stereocenters. The number of hydrogen-bond donors (Lipinski definition) is 2. The number of carboxylic acid groups (broad SMARTS) is 1. The van der Waals surface area contributed by atoms with Crippen LogP contribution in [0.15, 0.2) is 0 Å². The molecule has 80 valence electrons. The van der Waals surface area contributed by atoms with Gasteiger partial charge in [0.05, 0.1) is 4.87 Å². The van der Waals surface area contributed by atoms with Crippen molar-refractivity contribution in [1.82, 2.24) is 5.32 Å². The second kappa shape index (κ2) is 3.74. The molecule has 1 saturated heterocycles. The molecule has 0 aromatic heterocycles. The Hall–Kier alpha value is -0.220. The fourth-order valence-electron chi connectivity index (χ4n) is 2.49. The summed E-state index contributed by atoms with van der Waals surface area (Å²) in [5.41, 5.74) is 0. The van der Waals surface area contributed by atoms with E-state index in [4.69, 9.17) is 5.11 Å². The Morgan fingerprint density at radius 3 is 2.93 bits per heavy atom. The molecule has 2 fully saturated rings. The number of rotatable bonds is 1. The summed E-state index contributed by atoms with van der Waals surface area (Å²) in [4.78, 5) is 10.9. The van der Waals surface area contributed by atoms with E-state index in [2.05, 4.69) is 12.2 Å². The van der Waals surface area contributed by atoms with Crippen molar-refractivity contribution in [3.8, 4) is 0 Å². The van der Waals surface area contributed by atoms with E-state index in [1.165, 1.54) is 19.3 Å². The number of hydrogen-bond acceptors (Lipinski definition) is 3. The summed E-state index contributed by atoms with van der Waals surface area (Å²) >= 11 is 1.82. The molecule has 0 bridgehead atoms. The van der Waals surface area contributed by atoms with E-state index in [9.17, 15) is 4.79 Å². The summed E-state index contributed by atoms with van der Waals surface area (Å²) < 4.78 is 0. The van der Waals surface area contributed by atoms with Crippen LogP contribution in [0.3, 0.4) is 0 Å². The highest BCUT2D eigenvalue weighted by Gasteiger charge is 2.46. The normalized spacial score (nSPS) is 42.9. The van der Waals surface area contributed by atoms with Crippen LogP contribution in [0, 0.1) is 5.92 Å². The Morgan fingerprint density at radius 2 is 2.36 bits per heavy atom. The Balaban J connectivity index is 2.06. The molecule has 4 heteroatoms. The number of aliphatic carboxylic acids is 1. The van der Waals surface area contributed by atoms with Crippen LogP contribution in [-0.4, -0.2) is 27.7 Å². The van der Waals surface area contributed by atoms with Gasteiger partial charge in [-0.1, -0.05) is 19.8 Å². The van der Waals surface area contributed by atoms with Crippen LogP contribution in [0.2, 0.25) is 0 Å². The topological polar surface area (TPSA) is 49.3 Å². The largest absolute Gasteiger partial charge is 0.480 e. The lowest BCUT2D eigenvalue weighted by molar-refractivity contribution is -0.139. The van der Waals surface area contributed by atoms with Crippen LogP contribution in [0.1, 0.15) is 32.6 Å². The van der Waals surface area contributed by atoms with Crippen LogP contribution >= 0.6 is 11.8 Å². The maximum absolute atomic E-state index is 10.9. The molecule has 2 N–H and O–H groups in total. The quantitative estimate of drug-likeness (QED) is 0.699. The highest BCUT2D eigenvalue weighted by molar-refractivity contribution is 8.01. The molecule has 2 rings (SSSR count). The lowest BCUT2D eigenvalue weighted by atomic mass is 9.85. The summed E-state index contributed by atoms with van der Waals surface area (Å²) in [6.45, 7) is 2.24. The van der Waals surface area contributed by atoms with E-state index in [0.717, 1.165) is 12.2 Å². The van der Waals surface area contributed by atoms with E-state index < -0.39 is 5.97 Å². The third-order valence-electron chi connectivity index (χ3n) is 3.46. The molecule has 0 aromatic rings. The molecule has 1 aliphatic carbocycles. The van der Waals surface area contributed by atoms with E-state index in [1.807, 2.05) is 11.8 Å². The lowest BCUT2D eigenvalue weighted by Gasteiger charge is -2.39. The molecular formula is C10H17NO2S. The van der Waals surface area contributed by atoms with Gasteiger partial charge in [0.2, 0.25) is 0 Å². The first kappa shape index (κ1) is 10.3. The standard InChI is InChI=1S/C10H17NO2S/c1-7-4-2-3-5-10(7)11-8(6-14-10)9(12)13/h7-8,11H,2-6H2,1H3,(H,12,13). The molecule has 3 unspecified atom stereocenters. The zero-order valence-corrected chi connectivity index (χ0v) is 9.27. The zero-order valence-electron chi connectivity index (χ0n) is 8.45. The highest BCUT2D eigenvalue weighted by Crippen LogP contribution is 2.45. The van der Waals surface area contributed by atoms with Crippen molar-refractivity contribution in [3.63, 3.8) is 0 Å². The van der Waals surface area contributed by atoms with Crippen molar-refractivity contribution in [2.24, 2.45) is 5.92 Å². The van der Waals surface area contributed by atoms with Crippen LogP contribution in [0.25, 0.3) is 0 Å². The molecule has 1 spiro atoms. The van der Waals surface area contributed by atoms with Crippen molar-refractivity contribution in [3.05, 3.63) is 0 Å². The molecule has 14 heavy (non-hydrogen) atoms. The van der Waals surface area contributed by atoms with Crippen LogP contribution in [0.4, 0.5) is 0 Å². The predicted octanol–water partition coefficient (Wildman–Crippen LogP) is 1.68. The fraction of sp³-hybridized carbons (Fsp3) is 0.900. The summed E-state index contributed by atoms with van der Waals surface area (Å²) in [6.07, 6.45) is 4.88. The number of thioether (sulfide) groups is 1. The van der Waals surface area contributed by atoms with Crippen molar-refractivity contribution < 1.29 is 9.90 Å². The number of carboxylic acids is 1. The fourth-order valence-corrected chi connectivity index (χ4v) is 4.10. The second-order valence-corrected chi connectivity index (χ2v) is 5.73. The summed E-state index contributed by atoms with van der Waals surface area (Å²) in [6, 6.07) is -0.333. The van der Waals surface area contributed by atoms with Crippen molar-refractivity contribution >= 4 is 17.7 Å². The van der Waals surface area contributed by atoms with Crippen molar-refractivity contribution in [2.75, 3.05) is 5.75 Å². The lowest BCUT2D eigenvalue weighted by Crippen LogP contribution is -2.50. The average Bonchev–Trinajstić information content (AvgIpc) is 2.56. The van der Waals surface area contributed by atoms with Gasteiger partial charge in [-0.15, -0.1) is 11.8 Å². The van der Waals surface area contributed by atoms with Gasteiger partial charge in [0.25, 0.3) is 0 Å². The van der Waals surface area contributed by atoms with Gasteiger partial charge in [-0.05, 0) is 18.8 Å². The number of carbonyl (C=O) groups is 1. The predicted molar refractivity (Wildman–Crippen MR) is 57.4 cm³/mol. The maximum atomic E-state index is 10.9. The van der Waals surface area contributed by atoms with Crippen LogP contribution in [-0.2, 0) is 4.79 Å². The van der Waals surface area contributed by atoms with E-state index >= 15 is 0 Å². The Kier molecular flexibility index (Phi) is 2.75. The van der Waals surface area contributed by atoms with Gasteiger partial charge in [-0.2, -0.15) is 0 Å². The monoisotopic (exact) mass is 215 g/mol. The first-order valence-electron chi connectivity index (χ1n) is 5.28. The van der Waals surface area contributed by atoms with Crippen molar-refractivity contribution in [2.45, 2.75) is 43.5 Å². The molecule has 1 heterocycles. The van der Waals surface area contributed by atoms with Gasteiger partial charge in [0.15, 0.2) is 0 Å². The van der Waals surface area contributed by atoms with E-state index in [0.29, 0.717) is 5.92 Å². The van der Waals surface area contributed by atoms with Gasteiger partial charge in [-0.3, -0.25) is 10.1 Å². The number of nitrogens with one attached hydrogen (secondary N) is 1. The van der Waals surface area contributed by atoms with Crippen LogP contribution < -0.4 is 5.32 Å². The molecule has 3 nitrogen and oxygen atoms in total. The average molecular weight is 215 g/mol. The third kappa shape index (κ3) is 1.65. The highest BCUT2D eigenvalue weighted by atomic mass is 32.2. The van der Waals surface area contributed by atoms with Gasteiger partial charge < -0.3 is 5.11 Å². The molecule has 1 aliphatic heterocycles. The molecule has 0 amide bonds. The Labute approximate surface area is 88.6 Å². The molecule has 1 saturated carbocycles. The first-order valence-corrected chi connectivity index (χ1v) is 6.27. The zero-order chi connectivity index (χ0) is 10.2.